The third kappa shape index (κ3) is 5.20. The Morgan fingerprint density at radius 3 is 2.47 bits per heavy atom. The Bertz CT molecular complexity index is 893. The summed E-state index contributed by atoms with van der Waals surface area (Å²) in [4.78, 5) is 17.4. The molecule has 1 aliphatic heterocycles. The molecular weight excluding hydrogens is 400 g/mol. The molecule has 5 heteroatoms. The molecule has 0 radical (unpaired) electrons. The summed E-state index contributed by atoms with van der Waals surface area (Å²) in [5, 5.41) is 0. The highest BCUT2D eigenvalue weighted by Gasteiger charge is 2.32. The number of hydrogen-bond acceptors (Lipinski definition) is 4. The van der Waals surface area contributed by atoms with Gasteiger partial charge in [0.2, 0.25) is 5.91 Å². The summed E-state index contributed by atoms with van der Waals surface area (Å²) in [6.07, 6.45) is 5.84. The fourth-order valence-electron chi connectivity index (χ4n) is 4.91. The van der Waals surface area contributed by atoms with E-state index in [-0.39, 0.29) is 24.0 Å². The van der Waals surface area contributed by atoms with Crippen LogP contribution in [0.4, 0.5) is 5.69 Å². The van der Waals surface area contributed by atoms with Crippen molar-refractivity contribution in [3.05, 3.63) is 54.1 Å². The summed E-state index contributed by atoms with van der Waals surface area (Å²) in [5.41, 5.74) is 2.40. The molecule has 172 valence electrons. The van der Waals surface area contributed by atoms with Crippen molar-refractivity contribution in [1.29, 1.82) is 0 Å². The number of nitrogens with zero attached hydrogens (tertiary/aromatic N) is 2. The van der Waals surface area contributed by atoms with Gasteiger partial charge in [-0.15, -0.1) is 0 Å². The summed E-state index contributed by atoms with van der Waals surface area (Å²) < 4.78 is 11.9. The van der Waals surface area contributed by atoms with Crippen molar-refractivity contribution in [3.8, 4) is 11.5 Å². The largest absolute Gasteiger partial charge is 0.493 e. The van der Waals surface area contributed by atoms with Gasteiger partial charge in [0, 0.05) is 37.3 Å². The van der Waals surface area contributed by atoms with E-state index in [1.165, 1.54) is 18.4 Å². The average Bonchev–Trinajstić information content (AvgIpc) is 3.32. The zero-order valence-electron chi connectivity index (χ0n) is 19.6. The minimum absolute atomic E-state index is 0.00669. The smallest absolute Gasteiger partial charge is 0.225 e. The molecule has 1 saturated carbocycles. The van der Waals surface area contributed by atoms with Gasteiger partial charge < -0.3 is 19.3 Å². The number of methoxy groups -OCH3 is 1. The Hall–Kier alpha value is -2.69. The predicted molar refractivity (Wildman–Crippen MR) is 129 cm³/mol. The van der Waals surface area contributed by atoms with Crippen molar-refractivity contribution in [2.45, 2.75) is 58.1 Å². The highest BCUT2D eigenvalue weighted by Crippen LogP contribution is 2.36. The highest BCUT2D eigenvalue weighted by atomic mass is 16.5. The van der Waals surface area contributed by atoms with E-state index < -0.39 is 0 Å². The van der Waals surface area contributed by atoms with Gasteiger partial charge in [-0.1, -0.05) is 44.2 Å². The molecule has 1 saturated heterocycles. The second kappa shape index (κ2) is 10.3. The topological polar surface area (TPSA) is 42.0 Å². The summed E-state index contributed by atoms with van der Waals surface area (Å²) in [7, 11) is 1.70. The molecule has 1 aliphatic carbocycles. The van der Waals surface area contributed by atoms with Crippen LogP contribution in [0, 0.1) is 5.92 Å². The first-order valence-electron chi connectivity index (χ1n) is 12.0. The SMILES string of the molecule is COc1ccc(N2CCN(C(=O)C(C)C)C(Cc3ccccc3)C2)cc1OC1CCCC1. The third-order valence-electron chi connectivity index (χ3n) is 6.68. The molecule has 2 aromatic carbocycles. The van der Waals surface area contributed by atoms with Crippen LogP contribution in [0.15, 0.2) is 48.5 Å². The predicted octanol–water partition coefficient (Wildman–Crippen LogP) is 4.93. The Labute approximate surface area is 192 Å². The number of anilines is 1. The summed E-state index contributed by atoms with van der Waals surface area (Å²) >= 11 is 0. The summed E-state index contributed by atoms with van der Waals surface area (Å²) in [5.74, 6) is 1.87. The van der Waals surface area contributed by atoms with Gasteiger partial charge in [-0.05, 0) is 49.8 Å². The highest BCUT2D eigenvalue weighted by molar-refractivity contribution is 5.79. The number of hydrogen-bond donors (Lipinski definition) is 0. The van der Waals surface area contributed by atoms with Gasteiger partial charge in [-0.25, -0.2) is 0 Å². The molecule has 2 aliphatic rings. The Morgan fingerprint density at radius 2 is 1.78 bits per heavy atom. The Morgan fingerprint density at radius 1 is 1.03 bits per heavy atom. The quantitative estimate of drug-likeness (QED) is 0.617. The number of carbonyl (C=O) groups is 1. The van der Waals surface area contributed by atoms with Gasteiger partial charge in [-0.2, -0.15) is 0 Å². The summed E-state index contributed by atoms with van der Waals surface area (Å²) in [6, 6.07) is 16.9. The number of rotatable bonds is 7. The van der Waals surface area contributed by atoms with Crippen LogP contribution in [0.5, 0.6) is 11.5 Å². The fourth-order valence-corrected chi connectivity index (χ4v) is 4.91. The maximum atomic E-state index is 12.9. The molecule has 5 nitrogen and oxygen atoms in total. The zero-order valence-corrected chi connectivity index (χ0v) is 19.6. The minimum atomic E-state index is 0.00669. The molecule has 2 aromatic rings. The van der Waals surface area contributed by atoms with E-state index in [1.54, 1.807) is 7.11 Å². The lowest BCUT2D eigenvalue weighted by Crippen LogP contribution is -2.57. The number of carbonyl (C=O) groups excluding carboxylic acids is 1. The number of amides is 1. The lowest BCUT2D eigenvalue weighted by atomic mass is 10.00. The van der Waals surface area contributed by atoms with Crippen LogP contribution in [-0.2, 0) is 11.2 Å². The van der Waals surface area contributed by atoms with Crippen LogP contribution >= 0.6 is 0 Å². The van der Waals surface area contributed by atoms with E-state index in [4.69, 9.17) is 9.47 Å². The van der Waals surface area contributed by atoms with Crippen molar-refractivity contribution >= 4 is 11.6 Å². The third-order valence-corrected chi connectivity index (χ3v) is 6.68. The van der Waals surface area contributed by atoms with Gasteiger partial charge in [0.25, 0.3) is 0 Å². The van der Waals surface area contributed by atoms with E-state index in [2.05, 4.69) is 46.2 Å². The van der Waals surface area contributed by atoms with Crippen LogP contribution in [0.3, 0.4) is 0 Å². The monoisotopic (exact) mass is 436 g/mol. The van der Waals surface area contributed by atoms with Crippen LogP contribution < -0.4 is 14.4 Å². The molecule has 0 spiro atoms. The lowest BCUT2D eigenvalue weighted by molar-refractivity contribution is -0.137. The van der Waals surface area contributed by atoms with Gasteiger partial charge in [-0.3, -0.25) is 4.79 Å². The van der Waals surface area contributed by atoms with Crippen LogP contribution in [0.1, 0.15) is 45.1 Å². The second-order valence-corrected chi connectivity index (χ2v) is 9.34. The fraction of sp³-hybridized carbons (Fsp3) is 0.519. The maximum absolute atomic E-state index is 12.9. The maximum Gasteiger partial charge on any atom is 0.225 e. The summed E-state index contributed by atoms with van der Waals surface area (Å²) in [6.45, 7) is 6.34. The zero-order chi connectivity index (χ0) is 22.5. The molecule has 4 rings (SSSR count). The first-order valence-corrected chi connectivity index (χ1v) is 12.0. The van der Waals surface area contributed by atoms with Crippen LogP contribution in [-0.4, -0.2) is 49.7 Å². The molecule has 1 amide bonds. The first kappa shape index (κ1) is 22.5. The first-order chi connectivity index (χ1) is 15.5. The Balaban J connectivity index is 1.55. The lowest BCUT2D eigenvalue weighted by Gasteiger charge is -2.43. The van der Waals surface area contributed by atoms with E-state index in [0.717, 1.165) is 56.1 Å². The van der Waals surface area contributed by atoms with E-state index in [1.807, 2.05) is 26.0 Å². The normalized spacial score (nSPS) is 19.4. The van der Waals surface area contributed by atoms with Gasteiger partial charge >= 0.3 is 0 Å². The van der Waals surface area contributed by atoms with E-state index >= 15 is 0 Å². The van der Waals surface area contributed by atoms with Gasteiger partial charge in [0.1, 0.15) is 0 Å². The van der Waals surface area contributed by atoms with E-state index in [9.17, 15) is 4.79 Å². The molecule has 1 atom stereocenters. The van der Waals surface area contributed by atoms with Crippen LogP contribution in [0.25, 0.3) is 0 Å². The second-order valence-electron chi connectivity index (χ2n) is 9.34. The van der Waals surface area contributed by atoms with Crippen LogP contribution in [0.2, 0.25) is 0 Å². The van der Waals surface area contributed by atoms with Crippen molar-refractivity contribution in [1.82, 2.24) is 4.90 Å². The van der Waals surface area contributed by atoms with E-state index in [0.29, 0.717) is 0 Å². The molecule has 1 unspecified atom stereocenters. The molecule has 0 N–H and O–H groups in total. The number of benzene rings is 2. The molecule has 32 heavy (non-hydrogen) atoms. The molecule has 0 aromatic heterocycles. The number of piperazine rings is 1. The molecular formula is C27H36N2O3. The van der Waals surface area contributed by atoms with Crippen molar-refractivity contribution in [2.24, 2.45) is 5.92 Å². The van der Waals surface area contributed by atoms with Crippen molar-refractivity contribution in [3.63, 3.8) is 0 Å². The minimum Gasteiger partial charge on any atom is -0.493 e. The Kier molecular flexibility index (Phi) is 7.23. The van der Waals surface area contributed by atoms with Gasteiger partial charge in [0.15, 0.2) is 11.5 Å². The molecule has 1 heterocycles. The van der Waals surface area contributed by atoms with Crippen molar-refractivity contribution in [2.75, 3.05) is 31.6 Å². The standard InChI is InChI=1S/C27H36N2O3/c1-20(2)27(30)29-16-15-28(19-23(29)17-21-9-5-4-6-10-21)22-13-14-25(31-3)26(18-22)32-24-11-7-8-12-24/h4-6,9-10,13-14,18,20,23-24H,7-8,11-12,15-17,19H2,1-3H3. The molecule has 2 fully saturated rings. The number of ether oxygens (including phenoxy) is 2. The van der Waals surface area contributed by atoms with Gasteiger partial charge in [0.05, 0.1) is 19.3 Å². The molecule has 0 bridgehead atoms. The van der Waals surface area contributed by atoms with Crippen molar-refractivity contribution < 1.29 is 14.3 Å². The average molecular weight is 437 g/mol.